The molecule has 0 aliphatic carbocycles. The van der Waals surface area contributed by atoms with Gasteiger partial charge in [-0.25, -0.2) is 0 Å². The number of aliphatic hydroxyl groups excluding tert-OH is 2. The molecule has 0 saturated carbocycles. The highest BCUT2D eigenvalue weighted by Crippen LogP contribution is 2.21. The van der Waals surface area contributed by atoms with Crippen LogP contribution in [-0.4, -0.2) is 42.0 Å². The third-order valence-corrected chi connectivity index (χ3v) is 3.26. The van der Waals surface area contributed by atoms with Crippen LogP contribution in [0.15, 0.2) is 18.2 Å². The summed E-state index contributed by atoms with van der Waals surface area (Å²) in [5.41, 5.74) is 0.314. The Kier molecular flexibility index (Phi) is 5.32. The molecule has 0 unspecified atom stereocenters. The van der Waals surface area contributed by atoms with Crippen LogP contribution in [0.2, 0.25) is 0 Å². The first-order valence-electron chi connectivity index (χ1n) is 6.20. The Bertz CT molecular complexity index is 433. The van der Waals surface area contributed by atoms with E-state index in [-0.39, 0.29) is 19.1 Å². The number of ether oxygens (including phenoxy) is 1. The number of carbonyl (C=O) groups excluding carboxylic acids is 1. The summed E-state index contributed by atoms with van der Waals surface area (Å²) < 4.78 is 5.15. The van der Waals surface area contributed by atoms with Crippen molar-refractivity contribution in [3.05, 3.63) is 29.3 Å². The number of benzene rings is 1. The topological polar surface area (TPSA) is 78.8 Å². The Balaban J connectivity index is 3.03. The molecular formula is C14H21NO4. The van der Waals surface area contributed by atoms with E-state index in [0.29, 0.717) is 17.7 Å². The minimum atomic E-state index is -1.01. The molecule has 0 spiro atoms. The second kappa shape index (κ2) is 6.54. The Morgan fingerprint density at radius 1 is 1.37 bits per heavy atom. The summed E-state index contributed by atoms with van der Waals surface area (Å²) in [6.07, 6.45) is 0.430. The molecule has 0 bridgehead atoms. The number of nitrogens with one attached hydrogen (secondary N) is 1. The quantitative estimate of drug-likeness (QED) is 0.714. The van der Waals surface area contributed by atoms with Crippen LogP contribution in [0.5, 0.6) is 5.75 Å². The zero-order valence-corrected chi connectivity index (χ0v) is 11.6. The van der Waals surface area contributed by atoms with Crippen LogP contribution in [-0.2, 0) is 0 Å². The predicted octanol–water partition coefficient (Wildman–Crippen LogP) is 0.867. The van der Waals surface area contributed by atoms with Crippen LogP contribution in [0.4, 0.5) is 0 Å². The number of aliphatic hydroxyl groups is 2. The predicted molar refractivity (Wildman–Crippen MR) is 72.4 cm³/mol. The van der Waals surface area contributed by atoms with Crippen LogP contribution in [0, 0.1) is 6.92 Å². The fourth-order valence-corrected chi connectivity index (χ4v) is 1.75. The van der Waals surface area contributed by atoms with Crippen LogP contribution in [0.1, 0.15) is 29.3 Å². The van der Waals surface area contributed by atoms with Crippen LogP contribution < -0.4 is 10.1 Å². The number of amides is 1. The van der Waals surface area contributed by atoms with Crippen molar-refractivity contribution >= 4 is 5.91 Å². The van der Waals surface area contributed by atoms with Gasteiger partial charge >= 0.3 is 0 Å². The molecule has 1 rings (SSSR count). The average molecular weight is 267 g/mol. The van der Waals surface area contributed by atoms with Crippen molar-refractivity contribution in [3.8, 4) is 5.75 Å². The smallest absolute Gasteiger partial charge is 0.255 e. The Hall–Kier alpha value is -1.59. The van der Waals surface area contributed by atoms with Crippen molar-refractivity contribution in [2.45, 2.75) is 25.8 Å². The van der Waals surface area contributed by atoms with Gasteiger partial charge in [0, 0.05) is 0 Å². The van der Waals surface area contributed by atoms with Crippen LogP contribution in [0.3, 0.4) is 0 Å². The van der Waals surface area contributed by atoms with Crippen molar-refractivity contribution < 1.29 is 19.7 Å². The van der Waals surface area contributed by atoms with E-state index in [4.69, 9.17) is 4.74 Å². The van der Waals surface area contributed by atoms with Crippen molar-refractivity contribution in [3.63, 3.8) is 0 Å². The minimum Gasteiger partial charge on any atom is -0.496 e. The highest BCUT2D eigenvalue weighted by atomic mass is 16.5. The number of hydrogen-bond donors (Lipinski definition) is 3. The van der Waals surface area contributed by atoms with Gasteiger partial charge in [0.15, 0.2) is 0 Å². The third kappa shape index (κ3) is 3.45. The van der Waals surface area contributed by atoms with E-state index >= 15 is 0 Å². The SMILES string of the molecule is CCC(CO)(CO)NC(=O)c1cc(C)ccc1OC. The maximum Gasteiger partial charge on any atom is 0.255 e. The summed E-state index contributed by atoms with van der Waals surface area (Å²) >= 11 is 0. The Morgan fingerprint density at radius 2 is 2.00 bits per heavy atom. The molecule has 0 aliphatic heterocycles. The van der Waals surface area contributed by atoms with Gasteiger partial charge in [0.1, 0.15) is 5.75 Å². The fourth-order valence-electron chi connectivity index (χ4n) is 1.75. The van der Waals surface area contributed by atoms with E-state index < -0.39 is 5.54 Å². The van der Waals surface area contributed by atoms with E-state index in [1.165, 1.54) is 7.11 Å². The van der Waals surface area contributed by atoms with Gasteiger partial charge in [-0.05, 0) is 25.5 Å². The van der Waals surface area contributed by atoms with E-state index in [0.717, 1.165) is 5.56 Å². The standard InChI is InChI=1S/C14H21NO4/c1-4-14(8-16,9-17)15-13(18)11-7-10(2)5-6-12(11)19-3/h5-7,16-17H,4,8-9H2,1-3H3,(H,15,18). The molecule has 0 aromatic heterocycles. The second-order valence-corrected chi connectivity index (χ2v) is 4.61. The molecule has 5 heteroatoms. The van der Waals surface area contributed by atoms with Gasteiger partial charge in [-0.2, -0.15) is 0 Å². The highest BCUT2D eigenvalue weighted by molar-refractivity contribution is 5.97. The lowest BCUT2D eigenvalue weighted by atomic mass is 9.97. The van der Waals surface area contributed by atoms with E-state index in [2.05, 4.69) is 5.32 Å². The lowest BCUT2D eigenvalue weighted by molar-refractivity contribution is 0.0650. The van der Waals surface area contributed by atoms with Crippen molar-refractivity contribution in [1.29, 1.82) is 0 Å². The molecule has 19 heavy (non-hydrogen) atoms. The van der Waals surface area contributed by atoms with Crippen molar-refractivity contribution in [2.75, 3.05) is 20.3 Å². The van der Waals surface area contributed by atoms with E-state index in [9.17, 15) is 15.0 Å². The molecule has 0 saturated heterocycles. The fraction of sp³-hybridized carbons (Fsp3) is 0.500. The zero-order valence-electron chi connectivity index (χ0n) is 11.6. The zero-order chi connectivity index (χ0) is 14.5. The van der Waals surface area contributed by atoms with Gasteiger partial charge in [-0.15, -0.1) is 0 Å². The number of aryl methyl sites for hydroxylation is 1. The summed E-state index contributed by atoms with van der Waals surface area (Å²) in [5.74, 6) is 0.0921. The molecule has 0 aliphatic rings. The highest BCUT2D eigenvalue weighted by Gasteiger charge is 2.29. The van der Waals surface area contributed by atoms with Gasteiger partial charge in [-0.3, -0.25) is 4.79 Å². The molecular weight excluding hydrogens is 246 g/mol. The number of carbonyl (C=O) groups is 1. The molecule has 106 valence electrons. The molecule has 3 N–H and O–H groups in total. The lowest BCUT2D eigenvalue weighted by Gasteiger charge is -2.30. The lowest BCUT2D eigenvalue weighted by Crippen LogP contribution is -2.53. The first kappa shape index (κ1) is 15.5. The summed E-state index contributed by atoms with van der Waals surface area (Å²) in [5, 5.41) is 21.4. The number of methoxy groups -OCH3 is 1. The molecule has 1 aromatic rings. The van der Waals surface area contributed by atoms with Gasteiger partial charge in [0.25, 0.3) is 5.91 Å². The third-order valence-electron chi connectivity index (χ3n) is 3.26. The largest absolute Gasteiger partial charge is 0.496 e. The number of rotatable bonds is 6. The molecule has 0 radical (unpaired) electrons. The minimum absolute atomic E-state index is 0.320. The summed E-state index contributed by atoms with van der Waals surface area (Å²) in [6.45, 7) is 3.03. The molecule has 0 atom stereocenters. The molecule has 1 amide bonds. The second-order valence-electron chi connectivity index (χ2n) is 4.61. The molecule has 1 aromatic carbocycles. The normalized spacial score (nSPS) is 11.2. The van der Waals surface area contributed by atoms with E-state index in [1.54, 1.807) is 19.1 Å². The van der Waals surface area contributed by atoms with Crippen LogP contribution in [0.25, 0.3) is 0 Å². The van der Waals surface area contributed by atoms with Gasteiger partial charge in [0.05, 0.1) is 31.4 Å². The monoisotopic (exact) mass is 267 g/mol. The van der Waals surface area contributed by atoms with Gasteiger partial charge in [-0.1, -0.05) is 18.6 Å². The van der Waals surface area contributed by atoms with Gasteiger partial charge < -0.3 is 20.3 Å². The first-order chi connectivity index (χ1) is 9.01. The first-order valence-corrected chi connectivity index (χ1v) is 6.20. The average Bonchev–Trinajstić information content (AvgIpc) is 2.44. The van der Waals surface area contributed by atoms with Crippen LogP contribution >= 0.6 is 0 Å². The molecule has 5 nitrogen and oxygen atoms in total. The Morgan fingerprint density at radius 3 is 2.47 bits per heavy atom. The molecule has 0 fully saturated rings. The summed E-state index contributed by atoms with van der Waals surface area (Å²) in [7, 11) is 1.49. The maximum absolute atomic E-state index is 12.3. The summed E-state index contributed by atoms with van der Waals surface area (Å²) in [4.78, 5) is 12.3. The molecule has 0 heterocycles. The van der Waals surface area contributed by atoms with Crippen molar-refractivity contribution in [2.24, 2.45) is 0 Å². The van der Waals surface area contributed by atoms with Crippen molar-refractivity contribution in [1.82, 2.24) is 5.32 Å². The van der Waals surface area contributed by atoms with Gasteiger partial charge in [0.2, 0.25) is 0 Å². The maximum atomic E-state index is 12.3. The number of hydrogen-bond acceptors (Lipinski definition) is 4. The summed E-state index contributed by atoms with van der Waals surface area (Å²) in [6, 6.07) is 5.28. The van der Waals surface area contributed by atoms with E-state index in [1.807, 2.05) is 13.0 Å². The Labute approximate surface area is 113 Å².